The fraction of sp³-hybridized carbons (Fsp3) is 0.300. The first kappa shape index (κ1) is 21.3. The van der Waals surface area contributed by atoms with Crippen molar-refractivity contribution < 1.29 is 17.9 Å². The SMILES string of the molecule is CCS(=O)(=O)N1CCc2cc(C(=O)CSc3nnnn3-c3ccc(OC)cc3)ccc21. The number of carbonyl (C=O) groups is 1. The summed E-state index contributed by atoms with van der Waals surface area (Å²) in [6.45, 7) is 2.04. The first-order valence-electron chi connectivity index (χ1n) is 9.65. The van der Waals surface area contributed by atoms with E-state index in [0.717, 1.165) is 17.0 Å². The highest BCUT2D eigenvalue weighted by Gasteiger charge is 2.28. The summed E-state index contributed by atoms with van der Waals surface area (Å²) >= 11 is 1.24. The summed E-state index contributed by atoms with van der Waals surface area (Å²) in [6.07, 6.45) is 0.596. The maximum Gasteiger partial charge on any atom is 0.234 e. The first-order chi connectivity index (χ1) is 14.9. The number of carbonyl (C=O) groups excluding carboxylic acids is 1. The lowest BCUT2D eigenvalue weighted by Crippen LogP contribution is -2.30. The zero-order chi connectivity index (χ0) is 22.0. The second-order valence-corrected chi connectivity index (χ2v) is 9.97. The van der Waals surface area contributed by atoms with Crippen LogP contribution < -0.4 is 9.04 Å². The number of benzene rings is 2. The summed E-state index contributed by atoms with van der Waals surface area (Å²) in [5, 5.41) is 12.2. The van der Waals surface area contributed by atoms with Crippen LogP contribution in [0.25, 0.3) is 5.69 Å². The van der Waals surface area contributed by atoms with Crippen LogP contribution in [0.4, 0.5) is 5.69 Å². The van der Waals surface area contributed by atoms with Gasteiger partial charge >= 0.3 is 0 Å². The van der Waals surface area contributed by atoms with E-state index >= 15 is 0 Å². The Balaban J connectivity index is 1.47. The number of anilines is 1. The van der Waals surface area contributed by atoms with E-state index in [4.69, 9.17) is 4.74 Å². The maximum atomic E-state index is 12.8. The zero-order valence-corrected chi connectivity index (χ0v) is 18.7. The van der Waals surface area contributed by atoms with E-state index in [9.17, 15) is 13.2 Å². The van der Waals surface area contributed by atoms with Crippen LogP contribution in [-0.4, -0.2) is 59.6 Å². The number of sulfonamides is 1. The van der Waals surface area contributed by atoms with Gasteiger partial charge in [-0.25, -0.2) is 8.42 Å². The van der Waals surface area contributed by atoms with E-state index in [2.05, 4.69) is 15.5 Å². The van der Waals surface area contributed by atoms with Crippen molar-refractivity contribution >= 4 is 33.3 Å². The molecular formula is C20H21N5O4S2. The van der Waals surface area contributed by atoms with Gasteiger partial charge in [-0.2, -0.15) is 4.68 Å². The molecule has 0 amide bonds. The van der Waals surface area contributed by atoms with Crippen molar-refractivity contribution in [1.82, 2.24) is 20.2 Å². The number of ketones is 1. The number of thioether (sulfide) groups is 1. The fourth-order valence-corrected chi connectivity index (χ4v) is 5.30. The van der Waals surface area contributed by atoms with Crippen molar-refractivity contribution in [3.05, 3.63) is 53.6 Å². The average molecular weight is 460 g/mol. The molecule has 31 heavy (non-hydrogen) atoms. The number of rotatable bonds is 8. The normalized spacial score (nSPS) is 13.3. The monoisotopic (exact) mass is 459 g/mol. The van der Waals surface area contributed by atoms with Crippen LogP contribution >= 0.6 is 11.8 Å². The molecule has 1 aliphatic rings. The van der Waals surface area contributed by atoms with Gasteiger partial charge in [0, 0.05) is 12.1 Å². The number of tetrazole rings is 1. The van der Waals surface area contributed by atoms with E-state index in [1.165, 1.54) is 16.1 Å². The smallest absolute Gasteiger partial charge is 0.234 e. The maximum absolute atomic E-state index is 12.8. The Morgan fingerprint density at radius 3 is 2.68 bits per heavy atom. The highest BCUT2D eigenvalue weighted by Crippen LogP contribution is 2.32. The molecule has 9 nitrogen and oxygen atoms in total. The van der Waals surface area contributed by atoms with E-state index in [-0.39, 0.29) is 17.3 Å². The number of hydrogen-bond acceptors (Lipinski definition) is 8. The van der Waals surface area contributed by atoms with Crippen molar-refractivity contribution in [1.29, 1.82) is 0 Å². The van der Waals surface area contributed by atoms with Gasteiger partial charge in [-0.15, -0.1) is 5.10 Å². The quantitative estimate of drug-likeness (QED) is 0.373. The lowest BCUT2D eigenvalue weighted by Gasteiger charge is -2.18. The molecule has 0 aliphatic carbocycles. The second-order valence-electron chi connectivity index (χ2n) is 6.85. The zero-order valence-electron chi connectivity index (χ0n) is 17.1. The van der Waals surface area contributed by atoms with Crippen LogP contribution in [0.3, 0.4) is 0 Å². The standard InChI is InChI=1S/C20H21N5O4S2/c1-3-31(27,28)24-11-10-14-12-15(4-9-18(14)24)19(26)13-30-20-21-22-23-25(20)16-5-7-17(29-2)8-6-16/h4-9,12H,3,10-11,13H2,1-2H3. The van der Waals surface area contributed by atoms with Gasteiger partial charge in [-0.1, -0.05) is 11.8 Å². The minimum Gasteiger partial charge on any atom is -0.497 e. The summed E-state index contributed by atoms with van der Waals surface area (Å²) < 4.78 is 32.6. The Hall–Kier alpha value is -2.92. The molecular weight excluding hydrogens is 438 g/mol. The molecule has 0 N–H and O–H groups in total. The van der Waals surface area contributed by atoms with E-state index < -0.39 is 10.0 Å². The summed E-state index contributed by atoms with van der Waals surface area (Å²) in [6, 6.07) is 12.5. The highest BCUT2D eigenvalue weighted by atomic mass is 32.2. The van der Waals surface area contributed by atoms with Crippen molar-refractivity contribution in [2.45, 2.75) is 18.5 Å². The minimum absolute atomic E-state index is 0.0483. The van der Waals surface area contributed by atoms with Crippen molar-refractivity contribution in [2.24, 2.45) is 0 Å². The van der Waals surface area contributed by atoms with Crippen molar-refractivity contribution in [2.75, 3.05) is 29.5 Å². The molecule has 0 fully saturated rings. The molecule has 3 aromatic rings. The van der Waals surface area contributed by atoms with Gasteiger partial charge in [0.15, 0.2) is 5.78 Å². The molecule has 0 bridgehead atoms. The van der Waals surface area contributed by atoms with Crippen LogP contribution in [0, 0.1) is 0 Å². The van der Waals surface area contributed by atoms with E-state index in [1.807, 2.05) is 24.3 Å². The summed E-state index contributed by atoms with van der Waals surface area (Å²) in [5.74, 6) is 0.857. The molecule has 0 radical (unpaired) electrons. The summed E-state index contributed by atoms with van der Waals surface area (Å²) in [7, 11) is -1.71. The predicted molar refractivity (Wildman–Crippen MR) is 118 cm³/mol. The molecule has 1 aromatic heterocycles. The van der Waals surface area contributed by atoms with Gasteiger partial charge in [-0.05, 0) is 71.8 Å². The molecule has 2 heterocycles. The van der Waals surface area contributed by atoms with Gasteiger partial charge in [-0.3, -0.25) is 9.10 Å². The van der Waals surface area contributed by atoms with Crippen LogP contribution in [0.2, 0.25) is 0 Å². The molecule has 0 atom stereocenters. The third-order valence-electron chi connectivity index (χ3n) is 5.05. The van der Waals surface area contributed by atoms with Gasteiger partial charge < -0.3 is 4.74 Å². The van der Waals surface area contributed by atoms with Crippen LogP contribution in [0.5, 0.6) is 5.75 Å². The minimum atomic E-state index is -3.31. The number of fused-ring (bicyclic) bond motifs is 1. The van der Waals surface area contributed by atoms with Crippen LogP contribution in [0.15, 0.2) is 47.6 Å². The first-order valence-corrected chi connectivity index (χ1v) is 12.2. The highest BCUT2D eigenvalue weighted by molar-refractivity contribution is 7.99. The third kappa shape index (κ3) is 4.28. The van der Waals surface area contributed by atoms with Crippen molar-refractivity contribution in [3.8, 4) is 11.4 Å². The number of methoxy groups -OCH3 is 1. The van der Waals surface area contributed by atoms with Gasteiger partial charge in [0.05, 0.1) is 30.0 Å². The topological polar surface area (TPSA) is 107 Å². The molecule has 0 saturated carbocycles. The lowest BCUT2D eigenvalue weighted by molar-refractivity contribution is 0.102. The Morgan fingerprint density at radius 1 is 1.19 bits per heavy atom. The number of nitrogens with zero attached hydrogens (tertiary/aromatic N) is 5. The molecule has 0 saturated heterocycles. The average Bonchev–Trinajstić information content (AvgIpc) is 3.44. The van der Waals surface area contributed by atoms with Gasteiger partial charge in [0.1, 0.15) is 5.75 Å². The summed E-state index contributed by atoms with van der Waals surface area (Å²) in [4.78, 5) is 12.8. The van der Waals surface area contributed by atoms with Gasteiger partial charge in [0.2, 0.25) is 15.2 Å². The Morgan fingerprint density at radius 2 is 1.97 bits per heavy atom. The number of ether oxygens (including phenoxy) is 1. The Kier molecular flexibility index (Phi) is 5.96. The molecule has 0 unspecified atom stereocenters. The van der Waals surface area contributed by atoms with Crippen molar-refractivity contribution in [3.63, 3.8) is 0 Å². The largest absolute Gasteiger partial charge is 0.497 e. The lowest BCUT2D eigenvalue weighted by atomic mass is 10.1. The molecule has 2 aromatic carbocycles. The second kappa shape index (κ2) is 8.67. The van der Waals surface area contributed by atoms with E-state index in [1.54, 1.807) is 36.9 Å². The van der Waals surface area contributed by atoms with Gasteiger partial charge in [0.25, 0.3) is 0 Å². The number of Topliss-reactive ketones (excluding diaryl/α,β-unsaturated/α-hetero) is 1. The molecule has 0 spiro atoms. The number of aromatic nitrogens is 4. The molecule has 162 valence electrons. The molecule has 1 aliphatic heterocycles. The van der Waals surface area contributed by atoms with Crippen LogP contribution in [-0.2, 0) is 16.4 Å². The third-order valence-corrected chi connectivity index (χ3v) is 7.74. The fourth-order valence-electron chi connectivity index (χ4n) is 3.36. The van der Waals surface area contributed by atoms with Crippen LogP contribution in [0.1, 0.15) is 22.8 Å². The number of hydrogen-bond donors (Lipinski definition) is 0. The Bertz CT molecular complexity index is 1210. The summed E-state index contributed by atoms with van der Waals surface area (Å²) in [5.41, 5.74) is 2.84. The predicted octanol–water partition coefficient (Wildman–Crippen LogP) is 2.36. The van der Waals surface area contributed by atoms with E-state index in [0.29, 0.717) is 29.4 Å². The Labute approximate surface area is 184 Å². The molecule has 11 heteroatoms. The molecule has 4 rings (SSSR count).